The van der Waals surface area contributed by atoms with Crippen LogP contribution in [0.5, 0.6) is 0 Å². The van der Waals surface area contributed by atoms with Crippen LogP contribution in [-0.2, 0) is 6.42 Å². The molecular weight excluding hydrogens is 422 g/mol. The van der Waals surface area contributed by atoms with Gasteiger partial charge in [0.15, 0.2) is 0 Å². The van der Waals surface area contributed by atoms with Crippen molar-refractivity contribution in [2.24, 2.45) is 0 Å². The summed E-state index contributed by atoms with van der Waals surface area (Å²) in [4.78, 5) is 13.8. The Morgan fingerprint density at radius 2 is 1.77 bits per heavy atom. The van der Waals surface area contributed by atoms with E-state index in [9.17, 15) is 0 Å². The van der Waals surface area contributed by atoms with Gasteiger partial charge >= 0.3 is 0 Å². The molecule has 0 amide bonds. The van der Waals surface area contributed by atoms with Gasteiger partial charge in [-0.1, -0.05) is 57.2 Å². The van der Waals surface area contributed by atoms with Gasteiger partial charge in [-0.25, -0.2) is 4.98 Å². The number of anilines is 2. The maximum atomic E-state index is 6.41. The van der Waals surface area contributed by atoms with Gasteiger partial charge in [-0.3, -0.25) is 0 Å². The molecule has 31 heavy (non-hydrogen) atoms. The van der Waals surface area contributed by atoms with Crippen molar-refractivity contribution in [1.82, 2.24) is 9.97 Å². The van der Waals surface area contributed by atoms with Crippen LogP contribution in [0.25, 0.3) is 21.3 Å². The highest BCUT2D eigenvalue weighted by molar-refractivity contribution is 7.19. The lowest BCUT2D eigenvalue weighted by molar-refractivity contribution is 0.867. The Kier molecular flexibility index (Phi) is 6.31. The van der Waals surface area contributed by atoms with Gasteiger partial charge in [0.25, 0.3) is 0 Å². The highest BCUT2D eigenvalue weighted by atomic mass is 35.5. The summed E-state index contributed by atoms with van der Waals surface area (Å²) in [5.74, 6) is 1.38. The first kappa shape index (κ1) is 21.8. The SMILES string of the molecule is CCc1sc2nc(Cl)nc(N(CC)c3cccc(C)c3)c2c1-c1ccc(C(C)C)cc1. The van der Waals surface area contributed by atoms with Crippen LogP contribution >= 0.6 is 22.9 Å². The van der Waals surface area contributed by atoms with Crippen LogP contribution in [-0.4, -0.2) is 16.5 Å². The third kappa shape index (κ3) is 4.19. The van der Waals surface area contributed by atoms with E-state index >= 15 is 0 Å². The number of aromatic nitrogens is 2. The molecule has 0 aliphatic rings. The van der Waals surface area contributed by atoms with Crippen LogP contribution in [0.4, 0.5) is 11.5 Å². The number of thiophene rings is 1. The number of halogens is 1. The van der Waals surface area contributed by atoms with Crippen molar-refractivity contribution in [2.45, 2.75) is 47.0 Å². The lowest BCUT2D eigenvalue weighted by Crippen LogP contribution is -2.18. The zero-order valence-corrected chi connectivity index (χ0v) is 20.3. The Hall–Kier alpha value is -2.43. The van der Waals surface area contributed by atoms with E-state index in [1.807, 2.05) is 0 Å². The average Bonchev–Trinajstić information content (AvgIpc) is 3.12. The number of rotatable bonds is 6. The van der Waals surface area contributed by atoms with Crippen LogP contribution < -0.4 is 4.90 Å². The molecule has 0 radical (unpaired) electrons. The summed E-state index contributed by atoms with van der Waals surface area (Å²) < 4.78 is 0. The number of benzene rings is 2. The van der Waals surface area contributed by atoms with Crippen molar-refractivity contribution in [3.63, 3.8) is 0 Å². The molecule has 160 valence electrons. The minimum Gasteiger partial charge on any atom is -0.326 e. The van der Waals surface area contributed by atoms with Gasteiger partial charge in [0, 0.05) is 22.7 Å². The second kappa shape index (κ2) is 8.97. The minimum atomic E-state index is 0.291. The van der Waals surface area contributed by atoms with E-state index in [0.717, 1.165) is 34.7 Å². The summed E-state index contributed by atoms with van der Waals surface area (Å²) in [5, 5.41) is 1.38. The monoisotopic (exact) mass is 449 g/mol. The van der Waals surface area contributed by atoms with Crippen molar-refractivity contribution in [1.29, 1.82) is 0 Å². The van der Waals surface area contributed by atoms with E-state index in [1.165, 1.54) is 27.1 Å². The Bertz CT molecular complexity index is 1210. The zero-order chi connectivity index (χ0) is 22.1. The Morgan fingerprint density at radius 3 is 2.39 bits per heavy atom. The van der Waals surface area contributed by atoms with E-state index in [4.69, 9.17) is 16.6 Å². The second-order valence-electron chi connectivity index (χ2n) is 8.11. The standard InChI is InChI=1S/C26H28ClN3S/c1-6-21-22(19-13-11-18(12-14-19)16(3)4)23-24(28-26(27)29-25(23)31-21)30(7-2)20-10-8-9-17(5)15-20/h8-16H,6-7H2,1-5H3. The summed E-state index contributed by atoms with van der Waals surface area (Å²) in [6, 6.07) is 17.5. The van der Waals surface area contributed by atoms with E-state index in [0.29, 0.717) is 11.2 Å². The van der Waals surface area contributed by atoms with Crippen LogP contribution in [0.1, 0.15) is 49.6 Å². The summed E-state index contributed by atoms with van der Waals surface area (Å²) >= 11 is 8.13. The molecule has 2 aromatic heterocycles. The molecule has 5 heteroatoms. The van der Waals surface area contributed by atoms with Crippen LogP contribution in [0.2, 0.25) is 5.28 Å². The van der Waals surface area contributed by atoms with Gasteiger partial charge in [0.05, 0.1) is 5.39 Å². The third-order valence-corrected chi connectivity index (χ3v) is 7.05. The largest absolute Gasteiger partial charge is 0.326 e. The maximum Gasteiger partial charge on any atom is 0.225 e. The Balaban J connectivity index is 1.99. The molecule has 0 aliphatic carbocycles. The van der Waals surface area contributed by atoms with Gasteiger partial charge < -0.3 is 4.90 Å². The Morgan fingerprint density at radius 1 is 1.03 bits per heavy atom. The maximum absolute atomic E-state index is 6.41. The third-order valence-electron chi connectivity index (χ3n) is 5.65. The number of hydrogen-bond donors (Lipinski definition) is 0. The van der Waals surface area contributed by atoms with Gasteiger partial charge in [0.1, 0.15) is 10.6 Å². The lowest BCUT2D eigenvalue weighted by atomic mass is 9.97. The molecule has 2 aromatic carbocycles. The van der Waals surface area contributed by atoms with E-state index in [1.54, 1.807) is 11.3 Å². The summed E-state index contributed by atoms with van der Waals surface area (Å²) in [6.07, 6.45) is 0.940. The first-order valence-electron chi connectivity index (χ1n) is 10.9. The molecule has 0 fully saturated rings. The molecule has 0 saturated heterocycles. The predicted octanol–water partition coefficient (Wildman–Crippen LogP) is 8.16. The van der Waals surface area contributed by atoms with Crippen molar-refractivity contribution < 1.29 is 0 Å². The average molecular weight is 450 g/mol. The minimum absolute atomic E-state index is 0.291. The molecule has 4 aromatic rings. The quantitative estimate of drug-likeness (QED) is 0.278. The van der Waals surface area contributed by atoms with Crippen molar-refractivity contribution in [2.75, 3.05) is 11.4 Å². The molecule has 4 rings (SSSR count). The second-order valence-corrected chi connectivity index (χ2v) is 9.53. The summed E-state index contributed by atoms with van der Waals surface area (Å²) in [7, 11) is 0. The normalized spacial score (nSPS) is 11.5. The fourth-order valence-electron chi connectivity index (χ4n) is 4.04. The number of nitrogens with zero attached hydrogens (tertiary/aromatic N) is 3. The van der Waals surface area contributed by atoms with Crippen molar-refractivity contribution in [3.8, 4) is 11.1 Å². The number of hydrogen-bond acceptors (Lipinski definition) is 4. The van der Waals surface area contributed by atoms with Crippen LogP contribution in [0, 0.1) is 6.92 Å². The van der Waals surface area contributed by atoms with Crippen LogP contribution in [0.15, 0.2) is 48.5 Å². The molecule has 3 nitrogen and oxygen atoms in total. The smallest absolute Gasteiger partial charge is 0.225 e. The first-order chi connectivity index (χ1) is 14.9. The molecule has 0 unspecified atom stereocenters. The topological polar surface area (TPSA) is 29.0 Å². The molecule has 0 N–H and O–H groups in total. The first-order valence-corrected chi connectivity index (χ1v) is 12.1. The van der Waals surface area contributed by atoms with Gasteiger partial charge in [-0.15, -0.1) is 11.3 Å². The molecule has 2 heterocycles. The van der Waals surface area contributed by atoms with E-state index in [2.05, 4.69) is 93.0 Å². The molecule has 0 aliphatic heterocycles. The van der Waals surface area contributed by atoms with Gasteiger partial charge in [-0.05, 0) is 66.6 Å². The number of fused-ring (bicyclic) bond motifs is 1. The summed E-state index contributed by atoms with van der Waals surface area (Å²) in [6.45, 7) is 11.7. The predicted molar refractivity (Wildman–Crippen MR) is 135 cm³/mol. The highest BCUT2D eigenvalue weighted by Crippen LogP contribution is 2.44. The highest BCUT2D eigenvalue weighted by Gasteiger charge is 2.23. The Labute approximate surface area is 193 Å². The molecular formula is C26H28ClN3S. The van der Waals surface area contributed by atoms with Gasteiger partial charge in [-0.2, -0.15) is 4.98 Å². The zero-order valence-electron chi connectivity index (χ0n) is 18.7. The van der Waals surface area contributed by atoms with Crippen LogP contribution in [0.3, 0.4) is 0 Å². The fraction of sp³-hybridized carbons (Fsp3) is 0.308. The lowest BCUT2D eigenvalue weighted by Gasteiger charge is -2.24. The number of aryl methyl sites for hydroxylation is 2. The van der Waals surface area contributed by atoms with Crippen molar-refractivity contribution >= 4 is 44.7 Å². The molecule has 0 saturated carbocycles. The molecule has 0 bridgehead atoms. The van der Waals surface area contributed by atoms with E-state index < -0.39 is 0 Å². The fourth-order valence-corrected chi connectivity index (χ4v) is 5.38. The van der Waals surface area contributed by atoms with Gasteiger partial charge in [0.2, 0.25) is 5.28 Å². The van der Waals surface area contributed by atoms with Crippen molar-refractivity contribution in [3.05, 3.63) is 69.8 Å². The summed E-state index contributed by atoms with van der Waals surface area (Å²) in [5.41, 5.74) is 6.12. The molecule has 0 spiro atoms. The van der Waals surface area contributed by atoms with E-state index in [-0.39, 0.29) is 0 Å². The molecule has 0 atom stereocenters.